The first-order chi connectivity index (χ1) is 12.5. The third kappa shape index (κ3) is 5.43. The molecule has 5 nitrogen and oxygen atoms in total. The number of rotatable bonds is 8. The van der Waals surface area contributed by atoms with Crippen molar-refractivity contribution in [3.05, 3.63) is 71.8 Å². The summed E-state index contributed by atoms with van der Waals surface area (Å²) in [6.45, 7) is 2.34. The topological polar surface area (TPSA) is 49.9 Å². The highest BCUT2D eigenvalue weighted by Gasteiger charge is 2.24. The zero-order valence-corrected chi connectivity index (χ0v) is 15.6. The molecule has 0 saturated carbocycles. The molecular weight excluding hydrogens is 328 g/mol. The van der Waals surface area contributed by atoms with E-state index in [4.69, 9.17) is 4.74 Å². The Morgan fingerprint density at radius 1 is 0.885 bits per heavy atom. The molecular formula is C21H26N2O3. The van der Waals surface area contributed by atoms with Crippen LogP contribution < -0.4 is 0 Å². The summed E-state index contributed by atoms with van der Waals surface area (Å²) in [4.78, 5) is 27.8. The molecule has 138 valence electrons. The molecule has 0 radical (unpaired) electrons. The zero-order chi connectivity index (χ0) is 18.9. The van der Waals surface area contributed by atoms with Crippen LogP contribution in [0.4, 0.5) is 0 Å². The number of likely N-dealkylation sites (N-methyl/N-ethyl adjacent to an activating group) is 2. The van der Waals surface area contributed by atoms with Gasteiger partial charge in [0.1, 0.15) is 0 Å². The molecule has 2 aromatic rings. The highest BCUT2D eigenvalue weighted by molar-refractivity contribution is 5.80. The fraction of sp³-hybridized carbons (Fsp3) is 0.333. The molecule has 0 atom stereocenters. The summed E-state index contributed by atoms with van der Waals surface area (Å²) in [7, 11) is 3.54. The molecule has 5 heteroatoms. The molecule has 2 aromatic carbocycles. The Balaban J connectivity index is 2.15. The van der Waals surface area contributed by atoms with Crippen LogP contribution in [0.15, 0.2) is 60.7 Å². The maximum absolute atomic E-state index is 12.8. The highest BCUT2D eigenvalue weighted by atomic mass is 16.5. The van der Waals surface area contributed by atoms with E-state index in [1.165, 1.54) is 0 Å². The van der Waals surface area contributed by atoms with Crippen LogP contribution in [0.5, 0.6) is 0 Å². The number of ether oxygens (including phenoxy) is 1. The van der Waals surface area contributed by atoms with Crippen molar-refractivity contribution in [2.45, 2.75) is 13.0 Å². The number of carbonyl (C=O) groups excluding carboxylic acids is 2. The Labute approximate surface area is 155 Å². The molecule has 0 saturated heterocycles. The molecule has 0 N–H and O–H groups in total. The molecule has 0 fully saturated rings. The molecule has 0 aliphatic rings. The monoisotopic (exact) mass is 354 g/mol. The number of hydrogen-bond acceptors (Lipinski definition) is 4. The van der Waals surface area contributed by atoms with Gasteiger partial charge in [-0.15, -0.1) is 0 Å². The lowest BCUT2D eigenvalue weighted by molar-refractivity contribution is -0.144. The van der Waals surface area contributed by atoms with E-state index in [9.17, 15) is 9.59 Å². The standard InChI is InChI=1S/C21H26N2O3/c1-4-26-20(25)16-22(2)15-19(24)23(3)21(17-11-7-5-8-12-17)18-13-9-6-10-14-18/h5-14,21H,4,15-16H2,1-3H3. The van der Waals surface area contributed by atoms with Gasteiger partial charge in [-0.1, -0.05) is 60.7 Å². The normalized spacial score (nSPS) is 10.8. The van der Waals surface area contributed by atoms with Crippen LogP contribution in [0.1, 0.15) is 24.1 Å². The van der Waals surface area contributed by atoms with Crippen molar-refractivity contribution in [2.24, 2.45) is 0 Å². The van der Waals surface area contributed by atoms with Gasteiger partial charge >= 0.3 is 5.97 Å². The molecule has 0 unspecified atom stereocenters. The first-order valence-corrected chi connectivity index (χ1v) is 8.72. The minimum atomic E-state index is -0.326. The third-order valence-electron chi connectivity index (χ3n) is 4.12. The van der Waals surface area contributed by atoms with Gasteiger partial charge in [-0.25, -0.2) is 0 Å². The second-order valence-electron chi connectivity index (χ2n) is 6.21. The maximum atomic E-state index is 12.8. The second kappa shape index (κ2) is 9.73. The first kappa shape index (κ1) is 19.7. The summed E-state index contributed by atoms with van der Waals surface area (Å²) in [6.07, 6.45) is 0. The second-order valence-corrected chi connectivity index (χ2v) is 6.21. The Bertz CT molecular complexity index is 664. The van der Waals surface area contributed by atoms with Crippen molar-refractivity contribution in [3.63, 3.8) is 0 Å². The van der Waals surface area contributed by atoms with Crippen LogP contribution in [-0.4, -0.2) is 55.5 Å². The molecule has 0 heterocycles. The van der Waals surface area contributed by atoms with Crippen LogP contribution in [0, 0.1) is 0 Å². The maximum Gasteiger partial charge on any atom is 0.320 e. The van der Waals surface area contributed by atoms with E-state index in [0.29, 0.717) is 6.61 Å². The van der Waals surface area contributed by atoms with Crippen molar-refractivity contribution in [1.29, 1.82) is 0 Å². The smallest absolute Gasteiger partial charge is 0.320 e. The summed E-state index contributed by atoms with van der Waals surface area (Å²) >= 11 is 0. The fourth-order valence-electron chi connectivity index (χ4n) is 2.88. The van der Waals surface area contributed by atoms with Gasteiger partial charge in [0.15, 0.2) is 0 Å². The lowest BCUT2D eigenvalue weighted by Crippen LogP contribution is -2.40. The molecule has 26 heavy (non-hydrogen) atoms. The largest absolute Gasteiger partial charge is 0.465 e. The minimum Gasteiger partial charge on any atom is -0.465 e. The number of hydrogen-bond donors (Lipinski definition) is 0. The van der Waals surface area contributed by atoms with Gasteiger partial charge in [0.05, 0.1) is 25.7 Å². The fourth-order valence-corrected chi connectivity index (χ4v) is 2.88. The van der Waals surface area contributed by atoms with Crippen molar-refractivity contribution < 1.29 is 14.3 Å². The molecule has 0 aromatic heterocycles. The first-order valence-electron chi connectivity index (χ1n) is 8.72. The summed E-state index contributed by atoms with van der Waals surface area (Å²) in [5.41, 5.74) is 2.09. The van der Waals surface area contributed by atoms with Crippen molar-refractivity contribution in [3.8, 4) is 0 Å². The van der Waals surface area contributed by atoms with E-state index >= 15 is 0 Å². The Kier molecular flexibility index (Phi) is 7.36. The number of esters is 1. The quantitative estimate of drug-likeness (QED) is 0.684. The number of nitrogens with zero attached hydrogens (tertiary/aromatic N) is 2. The van der Waals surface area contributed by atoms with Crippen molar-refractivity contribution >= 4 is 11.9 Å². The number of carbonyl (C=O) groups is 2. The van der Waals surface area contributed by atoms with Crippen LogP contribution in [-0.2, 0) is 14.3 Å². The van der Waals surface area contributed by atoms with Gasteiger partial charge in [0.25, 0.3) is 0 Å². The van der Waals surface area contributed by atoms with Crippen LogP contribution in [0.25, 0.3) is 0 Å². The van der Waals surface area contributed by atoms with E-state index in [2.05, 4.69) is 0 Å². The Morgan fingerprint density at radius 2 is 1.38 bits per heavy atom. The van der Waals surface area contributed by atoms with Gasteiger partial charge in [-0.05, 0) is 25.1 Å². The van der Waals surface area contributed by atoms with Crippen molar-refractivity contribution in [1.82, 2.24) is 9.80 Å². The van der Waals surface area contributed by atoms with Crippen LogP contribution >= 0.6 is 0 Å². The van der Waals surface area contributed by atoms with Crippen LogP contribution in [0.3, 0.4) is 0 Å². The third-order valence-corrected chi connectivity index (χ3v) is 4.12. The number of benzene rings is 2. The van der Waals surface area contributed by atoms with E-state index < -0.39 is 0 Å². The highest BCUT2D eigenvalue weighted by Crippen LogP contribution is 2.27. The van der Waals surface area contributed by atoms with E-state index in [1.807, 2.05) is 60.7 Å². The predicted octanol–water partition coefficient (Wildman–Crippen LogP) is 2.73. The molecule has 0 aliphatic carbocycles. The molecule has 2 rings (SSSR count). The van der Waals surface area contributed by atoms with Gasteiger partial charge in [-0.3, -0.25) is 14.5 Å². The molecule has 0 aliphatic heterocycles. The molecule has 0 bridgehead atoms. The zero-order valence-electron chi connectivity index (χ0n) is 15.6. The lowest BCUT2D eigenvalue weighted by Gasteiger charge is -2.30. The van der Waals surface area contributed by atoms with Gasteiger partial charge in [0.2, 0.25) is 5.91 Å². The summed E-state index contributed by atoms with van der Waals surface area (Å²) in [5.74, 6) is -0.386. The average Bonchev–Trinajstić information content (AvgIpc) is 2.63. The van der Waals surface area contributed by atoms with Crippen LogP contribution in [0.2, 0.25) is 0 Å². The molecule has 0 spiro atoms. The van der Waals surface area contributed by atoms with E-state index in [0.717, 1.165) is 11.1 Å². The summed E-state index contributed by atoms with van der Waals surface area (Å²) < 4.78 is 4.94. The molecule has 1 amide bonds. The van der Waals surface area contributed by atoms with E-state index in [-0.39, 0.29) is 31.0 Å². The van der Waals surface area contributed by atoms with Gasteiger partial charge in [-0.2, -0.15) is 0 Å². The summed E-state index contributed by atoms with van der Waals surface area (Å²) in [6, 6.07) is 19.7. The van der Waals surface area contributed by atoms with Gasteiger partial charge in [0, 0.05) is 7.05 Å². The minimum absolute atomic E-state index is 0.0606. The SMILES string of the molecule is CCOC(=O)CN(C)CC(=O)N(C)C(c1ccccc1)c1ccccc1. The Hall–Kier alpha value is -2.66. The predicted molar refractivity (Wildman–Crippen MR) is 102 cm³/mol. The number of amides is 1. The average molecular weight is 354 g/mol. The lowest BCUT2D eigenvalue weighted by atomic mass is 9.97. The van der Waals surface area contributed by atoms with Crippen molar-refractivity contribution in [2.75, 3.05) is 33.8 Å². The van der Waals surface area contributed by atoms with E-state index in [1.54, 1.807) is 30.8 Å². The van der Waals surface area contributed by atoms with Gasteiger partial charge < -0.3 is 9.64 Å². The summed E-state index contributed by atoms with van der Waals surface area (Å²) in [5, 5.41) is 0. The Morgan fingerprint density at radius 3 is 1.85 bits per heavy atom.